The maximum Gasteiger partial charge on any atom is 0.229 e. The van der Waals surface area contributed by atoms with Gasteiger partial charge in [-0.2, -0.15) is 5.10 Å². The number of aromatic amines is 1. The van der Waals surface area contributed by atoms with Crippen LogP contribution in [0.3, 0.4) is 0 Å². The molecule has 2 heterocycles. The van der Waals surface area contributed by atoms with Gasteiger partial charge in [0.15, 0.2) is 0 Å². The van der Waals surface area contributed by atoms with Crippen LogP contribution in [0.2, 0.25) is 0 Å². The molecule has 166 valence electrons. The summed E-state index contributed by atoms with van der Waals surface area (Å²) in [5, 5.41) is 48.1. The lowest BCUT2D eigenvalue weighted by Gasteiger charge is -2.39. The maximum absolute atomic E-state index is 10.4. The number of fused-ring (bicyclic) bond motifs is 1. The van der Waals surface area contributed by atoms with E-state index < -0.39 is 37.3 Å². The zero-order chi connectivity index (χ0) is 22.1. The number of H-pyrrole nitrogens is 1. The van der Waals surface area contributed by atoms with E-state index >= 15 is 0 Å². The Bertz CT molecular complexity index is 1040. The molecular formula is C22H26N2O6S. The second-order valence-corrected chi connectivity index (χ2v) is 8.58. The number of aryl methyl sites for hydroxylation is 1. The molecule has 1 aliphatic rings. The van der Waals surface area contributed by atoms with Crippen molar-refractivity contribution in [2.75, 3.05) is 12.9 Å². The van der Waals surface area contributed by atoms with E-state index in [4.69, 9.17) is 9.47 Å². The fraction of sp³-hybridized carbons (Fsp3) is 0.409. The summed E-state index contributed by atoms with van der Waals surface area (Å²) >= 11 is 1.68. The van der Waals surface area contributed by atoms with Crippen molar-refractivity contribution in [3.8, 4) is 5.75 Å². The number of aromatic nitrogens is 2. The summed E-state index contributed by atoms with van der Waals surface area (Å²) in [5.41, 5.74) is 3.54. The van der Waals surface area contributed by atoms with Crippen LogP contribution < -0.4 is 4.74 Å². The van der Waals surface area contributed by atoms with Crippen LogP contribution >= 0.6 is 11.8 Å². The number of thioether (sulfide) groups is 1. The van der Waals surface area contributed by atoms with Gasteiger partial charge in [0.25, 0.3) is 0 Å². The number of hydrogen-bond donors (Lipinski definition) is 5. The molecule has 9 heteroatoms. The Hall–Kier alpha value is -2.14. The molecule has 3 aromatic rings. The van der Waals surface area contributed by atoms with Crippen molar-refractivity contribution in [3.05, 3.63) is 53.2 Å². The third-order valence-electron chi connectivity index (χ3n) is 5.47. The predicted octanol–water partition coefficient (Wildman–Crippen LogP) is 1.36. The first kappa shape index (κ1) is 22.1. The minimum Gasteiger partial charge on any atom is -0.461 e. The van der Waals surface area contributed by atoms with E-state index in [1.54, 1.807) is 17.8 Å². The molecule has 0 aliphatic carbocycles. The number of hydrogen-bond acceptors (Lipinski definition) is 8. The van der Waals surface area contributed by atoms with Crippen LogP contribution in [0.15, 0.2) is 41.3 Å². The Morgan fingerprint density at radius 2 is 1.84 bits per heavy atom. The maximum atomic E-state index is 10.4. The SMILES string of the molecule is CSc1ccc(Cc2[nH]nc3cc(C)cc(OC4O[C@H](CO)[C@@H](O)[C@H](O)[C@H]4O)c23)cc1. The van der Waals surface area contributed by atoms with Crippen molar-refractivity contribution in [3.63, 3.8) is 0 Å². The van der Waals surface area contributed by atoms with E-state index in [0.29, 0.717) is 17.7 Å². The second kappa shape index (κ2) is 9.15. The first-order chi connectivity index (χ1) is 14.9. The molecule has 5 N–H and O–H groups in total. The minimum absolute atomic E-state index is 0.434. The molecule has 4 rings (SSSR count). The van der Waals surface area contributed by atoms with Crippen molar-refractivity contribution in [1.29, 1.82) is 0 Å². The normalized spacial score (nSPS) is 26.3. The van der Waals surface area contributed by atoms with Crippen molar-refractivity contribution >= 4 is 22.7 Å². The van der Waals surface area contributed by atoms with Crippen LogP contribution in [0.25, 0.3) is 10.9 Å². The predicted molar refractivity (Wildman–Crippen MR) is 116 cm³/mol. The Morgan fingerprint density at radius 3 is 2.52 bits per heavy atom. The van der Waals surface area contributed by atoms with Crippen LogP contribution in [0.5, 0.6) is 5.75 Å². The van der Waals surface area contributed by atoms with Gasteiger partial charge in [0.2, 0.25) is 6.29 Å². The lowest BCUT2D eigenvalue weighted by atomic mass is 9.99. The number of nitrogens with zero attached hydrogens (tertiary/aromatic N) is 1. The highest BCUT2D eigenvalue weighted by Gasteiger charge is 2.44. The smallest absolute Gasteiger partial charge is 0.229 e. The lowest BCUT2D eigenvalue weighted by Crippen LogP contribution is -2.60. The van der Waals surface area contributed by atoms with E-state index in [-0.39, 0.29) is 0 Å². The van der Waals surface area contributed by atoms with Gasteiger partial charge in [-0.15, -0.1) is 11.8 Å². The largest absolute Gasteiger partial charge is 0.461 e. The second-order valence-electron chi connectivity index (χ2n) is 7.70. The molecule has 0 saturated carbocycles. The molecule has 0 radical (unpaired) electrons. The number of aliphatic hydroxyl groups excluding tert-OH is 4. The Morgan fingerprint density at radius 1 is 1.10 bits per heavy atom. The summed E-state index contributed by atoms with van der Waals surface area (Å²) in [5.74, 6) is 0.434. The van der Waals surface area contributed by atoms with Crippen LogP contribution in [-0.2, 0) is 11.2 Å². The van der Waals surface area contributed by atoms with Gasteiger partial charge in [-0.1, -0.05) is 12.1 Å². The fourth-order valence-electron chi connectivity index (χ4n) is 3.77. The van der Waals surface area contributed by atoms with Gasteiger partial charge in [0.05, 0.1) is 23.2 Å². The van der Waals surface area contributed by atoms with E-state index in [1.807, 2.05) is 19.2 Å². The average molecular weight is 447 g/mol. The lowest BCUT2D eigenvalue weighted by molar-refractivity contribution is -0.277. The molecular weight excluding hydrogens is 420 g/mol. The zero-order valence-corrected chi connectivity index (χ0v) is 18.0. The van der Waals surface area contributed by atoms with Crippen molar-refractivity contribution in [2.24, 2.45) is 0 Å². The first-order valence-corrected chi connectivity index (χ1v) is 11.2. The minimum atomic E-state index is -1.50. The molecule has 1 unspecified atom stereocenters. The van der Waals surface area contributed by atoms with Crippen LogP contribution in [0.4, 0.5) is 0 Å². The number of ether oxygens (including phenoxy) is 2. The van der Waals surface area contributed by atoms with E-state index in [0.717, 1.165) is 22.2 Å². The highest BCUT2D eigenvalue weighted by Crippen LogP contribution is 2.33. The Balaban J connectivity index is 1.66. The van der Waals surface area contributed by atoms with Crippen molar-refractivity contribution in [2.45, 2.75) is 48.9 Å². The average Bonchev–Trinajstić information content (AvgIpc) is 3.17. The molecule has 1 aliphatic heterocycles. The monoisotopic (exact) mass is 446 g/mol. The van der Waals surface area contributed by atoms with Gasteiger partial charge in [-0.05, 0) is 48.6 Å². The standard InChI is InChI=1S/C22H26N2O6S/c1-11-7-14-18(15(24-23-14)9-12-3-5-13(31-2)6-4-12)16(8-11)29-22-21(28)20(27)19(26)17(10-25)30-22/h3-8,17,19-22,25-28H,9-10H2,1-2H3,(H,23,24)/t17-,19-,20+,21-,22?/m1/s1. The van der Waals surface area contributed by atoms with Gasteiger partial charge in [-0.3, -0.25) is 5.10 Å². The molecule has 31 heavy (non-hydrogen) atoms. The van der Waals surface area contributed by atoms with E-state index in [2.05, 4.69) is 34.5 Å². The van der Waals surface area contributed by atoms with Gasteiger partial charge < -0.3 is 29.9 Å². The highest BCUT2D eigenvalue weighted by atomic mass is 32.2. The van der Waals surface area contributed by atoms with E-state index in [1.165, 1.54) is 4.90 Å². The third kappa shape index (κ3) is 4.43. The summed E-state index contributed by atoms with van der Waals surface area (Å²) in [7, 11) is 0. The molecule has 8 nitrogen and oxygen atoms in total. The van der Waals surface area contributed by atoms with Crippen LogP contribution in [0, 0.1) is 6.92 Å². The summed E-state index contributed by atoms with van der Waals surface area (Å²) in [6, 6.07) is 12.0. The van der Waals surface area contributed by atoms with Crippen molar-refractivity contribution in [1.82, 2.24) is 10.2 Å². The summed E-state index contributed by atoms with van der Waals surface area (Å²) in [6.45, 7) is 1.38. The highest BCUT2D eigenvalue weighted by molar-refractivity contribution is 7.98. The molecule has 0 amide bonds. The van der Waals surface area contributed by atoms with E-state index in [9.17, 15) is 20.4 Å². The summed E-state index contributed by atoms with van der Waals surface area (Å²) < 4.78 is 11.5. The molecule has 0 spiro atoms. The van der Waals surface area contributed by atoms with Gasteiger partial charge in [0, 0.05) is 11.3 Å². The fourth-order valence-corrected chi connectivity index (χ4v) is 4.18. The Kier molecular flexibility index (Phi) is 6.52. The van der Waals surface area contributed by atoms with Crippen LogP contribution in [0.1, 0.15) is 16.8 Å². The Labute approximate surface area is 183 Å². The van der Waals surface area contributed by atoms with Crippen LogP contribution in [-0.4, -0.2) is 74.2 Å². The number of benzene rings is 2. The van der Waals surface area contributed by atoms with Gasteiger partial charge in [-0.25, -0.2) is 0 Å². The third-order valence-corrected chi connectivity index (χ3v) is 6.21. The van der Waals surface area contributed by atoms with Gasteiger partial charge >= 0.3 is 0 Å². The molecule has 2 aromatic carbocycles. The molecule has 5 atom stereocenters. The topological polar surface area (TPSA) is 128 Å². The zero-order valence-electron chi connectivity index (χ0n) is 17.2. The summed E-state index contributed by atoms with van der Waals surface area (Å²) in [6.07, 6.45) is -4.10. The number of nitrogens with one attached hydrogen (secondary N) is 1. The molecule has 1 fully saturated rings. The molecule has 0 bridgehead atoms. The van der Waals surface area contributed by atoms with Crippen molar-refractivity contribution < 1.29 is 29.9 Å². The summed E-state index contributed by atoms with van der Waals surface area (Å²) in [4.78, 5) is 1.18. The first-order valence-electron chi connectivity index (χ1n) is 9.99. The molecule has 1 aromatic heterocycles. The number of aliphatic hydroxyl groups is 4. The quantitative estimate of drug-likeness (QED) is 0.359. The van der Waals surface area contributed by atoms with Gasteiger partial charge in [0.1, 0.15) is 30.2 Å². The number of rotatable bonds is 6. The molecule has 1 saturated heterocycles.